The second-order valence-electron chi connectivity index (χ2n) is 6.40. The van der Waals surface area contributed by atoms with Crippen LogP contribution in [0.25, 0.3) is 0 Å². The zero-order chi connectivity index (χ0) is 18.6. The number of hydrogen-bond acceptors (Lipinski definition) is 5. The lowest BCUT2D eigenvalue weighted by Crippen LogP contribution is -2.23. The van der Waals surface area contributed by atoms with Crippen molar-refractivity contribution in [2.75, 3.05) is 5.75 Å². The van der Waals surface area contributed by atoms with Crippen LogP contribution in [0.2, 0.25) is 10.0 Å². The Kier molecular flexibility index (Phi) is 5.98. The van der Waals surface area contributed by atoms with E-state index >= 15 is 0 Å². The second-order valence-corrected chi connectivity index (χ2v) is 8.28. The monoisotopic (exact) mass is 420 g/mol. The molecule has 3 atom stereocenters. The van der Waals surface area contributed by atoms with Gasteiger partial charge in [0.15, 0.2) is 0 Å². The van der Waals surface area contributed by atoms with Crippen molar-refractivity contribution in [2.45, 2.75) is 36.1 Å². The van der Waals surface area contributed by atoms with Gasteiger partial charge in [-0.15, -0.1) is 11.8 Å². The topological polar surface area (TPSA) is 52.8 Å². The zero-order valence-corrected chi connectivity index (χ0v) is 16.7. The highest BCUT2D eigenvalue weighted by atomic mass is 35.5. The van der Waals surface area contributed by atoms with Gasteiger partial charge in [0.05, 0.1) is 23.8 Å². The molecule has 8 heteroatoms. The molecule has 1 aromatic carbocycles. The van der Waals surface area contributed by atoms with Gasteiger partial charge < -0.3 is 4.74 Å². The highest BCUT2D eigenvalue weighted by Gasteiger charge is 2.37. The van der Waals surface area contributed by atoms with Gasteiger partial charge in [-0.1, -0.05) is 35.3 Å². The summed E-state index contributed by atoms with van der Waals surface area (Å²) < 4.78 is 8.18. The number of halogens is 2. The smallest absolute Gasteiger partial charge is 0.137 e. The Morgan fingerprint density at radius 1 is 1.22 bits per heavy atom. The van der Waals surface area contributed by atoms with Crippen molar-refractivity contribution < 1.29 is 4.74 Å². The molecule has 2 aromatic heterocycles. The normalized spacial score (nSPS) is 22.2. The molecular formula is C19H18Cl2N4OS. The summed E-state index contributed by atoms with van der Waals surface area (Å²) in [6.45, 7) is 0.633. The second kappa shape index (κ2) is 8.61. The molecule has 5 nitrogen and oxygen atoms in total. The van der Waals surface area contributed by atoms with E-state index in [0.29, 0.717) is 16.6 Å². The molecule has 0 N–H and O–H groups in total. The molecule has 0 amide bonds. The lowest BCUT2D eigenvalue weighted by molar-refractivity contribution is 0.0412. The van der Waals surface area contributed by atoms with Crippen LogP contribution in [0.15, 0.2) is 60.3 Å². The number of nitrogens with zero attached hydrogens (tertiary/aromatic N) is 4. The minimum Gasteiger partial charge on any atom is -0.372 e. The third-order valence-corrected chi connectivity index (χ3v) is 6.22. The van der Waals surface area contributed by atoms with E-state index in [1.165, 1.54) is 6.33 Å². The number of benzene rings is 1. The summed E-state index contributed by atoms with van der Waals surface area (Å²) >= 11 is 14.3. The predicted octanol–water partition coefficient (Wildman–Crippen LogP) is 4.71. The van der Waals surface area contributed by atoms with Crippen LogP contribution in [-0.2, 0) is 11.3 Å². The number of hydrogen-bond donors (Lipinski definition) is 0. The van der Waals surface area contributed by atoms with Crippen molar-refractivity contribution in [3.63, 3.8) is 0 Å². The van der Waals surface area contributed by atoms with Gasteiger partial charge in [0.1, 0.15) is 12.7 Å². The average molecular weight is 421 g/mol. The molecule has 4 rings (SSSR count). The number of rotatable bonds is 6. The highest BCUT2D eigenvalue weighted by Crippen LogP contribution is 2.41. The maximum atomic E-state index is 6.49. The van der Waals surface area contributed by atoms with Crippen LogP contribution in [0.3, 0.4) is 0 Å². The molecule has 140 valence electrons. The Morgan fingerprint density at radius 3 is 2.89 bits per heavy atom. The van der Waals surface area contributed by atoms with Crippen LogP contribution in [0.1, 0.15) is 17.9 Å². The summed E-state index contributed by atoms with van der Waals surface area (Å²) in [6, 6.07) is 11.6. The molecule has 1 saturated heterocycles. The first-order chi connectivity index (χ1) is 13.2. The molecule has 27 heavy (non-hydrogen) atoms. The maximum absolute atomic E-state index is 6.49. The van der Waals surface area contributed by atoms with Crippen molar-refractivity contribution in [1.82, 2.24) is 19.7 Å². The Bertz CT molecular complexity index is 879. The first kappa shape index (κ1) is 18.7. The highest BCUT2D eigenvalue weighted by molar-refractivity contribution is 7.99. The number of thioether (sulfide) groups is 1. The summed E-state index contributed by atoms with van der Waals surface area (Å²) in [6.07, 6.45) is 6.03. The van der Waals surface area contributed by atoms with E-state index < -0.39 is 0 Å². The van der Waals surface area contributed by atoms with E-state index in [9.17, 15) is 0 Å². The first-order valence-corrected chi connectivity index (χ1v) is 10.4. The van der Waals surface area contributed by atoms with E-state index in [0.717, 1.165) is 22.8 Å². The lowest BCUT2D eigenvalue weighted by Gasteiger charge is -2.20. The molecule has 0 aliphatic carbocycles. The summed E-state index contributed by atoms with van der Waals surface area (Å²) in [5.41, 5.74) is 1.07. The van der Waals surface area contributed by atoms with E-state index in [1.807, 2.05) is 36.5 Å². The van der Waals surface area contributed by atoms with Crippen LogP contribution in [0.5, 0.6) is 0 Å². The average Bonchev–Trinajstić information content (AvgIpc) is 3.31. The van der Waals surface area contributed by atoms with Gasteiger partial charge in [-0.3, -0.25) is 4.68 Å². The van der Waals surface area contributed by atoms with Gasteiger partial charge in [0.2, 0.25) is 0 Å². The summed E-state index contributed by atoms with van der Waals surface area (Å²) in [5, 5.41) is 6.54. The van der Waals surface area contributed by atoms with Gasteiger partial charge in [0.25, 0.3) is 0 Å². The lowest BCUT2D eigenvalue weighted by atomic mass is 9.91. The molecule has 3 aromatic rings. The quantitative estimate of drug-likeness (QED) is 0.540. The van der Waals surface area contributed by atoms with E-state index in [1.54, 1.807) is 28.8 Å². The van der Waals surface area contributed by atoms with Crippen molar-refractivity contribution >= 4 is 35.0 Å². The minimum absolute atomic E-state index is 0.0280. The van der Waals surface area contributed by atoms with Crippen molar-refractivity contribution in [1.29, 1.82) is 0 Å². The molecule has 3 unspecified atom stereocenters. The summed E-state index contributed by atoms with van der Waals surface area (Å²) in [7, 11) is 0. The molecule has 0 radical (unpaired) electrons. The molecule has 1 fully saturated rings. The van der Waals surface area contributed by atoms with Crippen molar-refractivity contribution in [3.05, 3.63) is 70.9 Å². The van der Waals surface area contributed by atoms with Crippen LogP contribution in [-0.4, -0.2) is 37.7 Å². The van der Waals surface area contributed by atoms with E-state index in [-0.39, 0.29) is 18.1 Å². The fraction of sp³-hybridized carbons (Fsp3) is 0.316. The Hall–Kier alpha value is -1.60. The largest absolute Gasteiger partial charge is 0.372 e. The van der Waals surface area contributed by atoms with Crippen molar-refractivity contribution in [2.24, 2.45) is 0 Å². The summed E-state index contributed by atoms with van der Waals surface area (Å²) in [4.78, 5) is 8.40. The maximum Gasteiger partial charge on any atom is 0.137 e. The molecule has 1 aliphatic heterocycles. The summed E-state index contributed by atoms with van der Waals surface area (Å²) in [5.74, 6) is 1.01. The third-order valence-electron chi connectivity index (χ3n) is 4.58. The zero-order valence-electron chi connectivity index (χ0n) is 14.4. The van der Waals surface area contributed by atoms with E-state index in [2.05, 4.69) is 15.1 Å². The van der Waals surface area contributed by atoms with Crippen LogP contribution in [0.4, 0.5) is 0 Å². The van der Waals surface area contributed by atoms with Crippen LogP contribution < -0.4 is 0 Å². The predicted molar refractivity (Wildman–Crippen MR) is 107 cm³/mol. The van der Waals surface area contributed by atoms with Gasteiger partial charge in [0, 0.05) is 27.9 Å². The van der Waals surface area contributed by atoms with Gasteiger partial charge in [-0.2, -0.15) is 5.10 Å². The molecule has 0 bridgehead atoms. The number of pyridine rings is 1. The Balaban J connectivity index is 1.51. The molecule has 0 spiro atoms. The Labute approximate surface area is 172 Å². The fourth-order valence-corrected chi connectivity index (χ4v) is 4.79. The SMILES string of the molecule is Clc1ccc(C2CC(CSc3ccccn3)OC2Cn2cncn2)c(Cl)c1. The first-order valence-electron chi connectivity index (χ1n) is 8.65. The van der Waals surface area contributed by atoms with E-state index in [4.69, 9.17) is 27.9 Å². The fourth-order valence-electron chi connectivity index (χ4n) is 3.36. The number of ether oxygens (including phenoxy) is 1. The van der Waals surface area contributed by atoms with Gasteiger partial charge in [-0.25, -0.2) is 9.97 Å². The van der Waals surface area contributed by atoms with Crippen molar-refractivity contribution in [3.8, 4) is 0 Å². The molecule has 1 aliphatic rings. The molecular weight excluding hydrogens is 403 g/mol. The van der Waals surface area contributed by atoms with Crippen LogP contribution in [0, 0.1) is 0 Å². The number of aromatic nitrogens is 4. The molecule has 3 heterocycles. The minimum atomic E-state index is -0.0280. The van der Waals surface area contributed by atoms with Gasteiger partial charge in [-0.05, 0) is 36.2 Å². The van der Waals surface area contributed by atoms with Gasteiger partial charge >= 0.3 is 0 Å². The molecule has 0 saturated carbocycles. The van der Waals surface area contributed by atoms with Crippen LogP contribution >= 0.6 is 35.0 Å². The Morgan fingerprint density at radius 2 is 2.15 bits per heavy atom. The standard InChI is InChI=1S/C19H18Cl2N4OS/c20-13-4-5-15(17(21)7-13)16-8-14(10-27-19-3-1-2-6-23-19)26-18(16)9-25-12-22-11-24-25/h1-7,11-12,14,16,18H,8-10H2. The third kappa shape index (κ3) is 4.63.